The second-order valence-electron chi connectivity index (χ2n) is 4.42. The van der Waals surface area contributed by atoms with Gasteiger partial charge in [0, 0.05) is 12.0 Å². The third kappa shape index (κ3) is 1.66. The molecule has 1 aromatic carbocycles. The monoisotopic (exact) mass is 227 g/mol. The van der Waals surface area contributed by atoms with E-state index in [1.807, 2.05) is 6.92 Å². The van der Waals surface area contributed by atoms with Crippen LogP contribution < -0.4 is 5.73 Å². The van der Waals surface area contributed by atoms with Gasteiger partial charge in [0.1, 0.15) is 5.82 Å². The summed E-state index contributed by atoms with van der Waals surface area (Å²) in [5, 5.41) is 0.204. The van der Waals surface area contributed by atoms with E-state index in [1.165, 1.54) is 12.5 Å². The molecule has 2 rings (SSSR count). The lowest BCUT2D eigenvalue weighted by Gasteiger charge is -2.42. The first-order valence-corrected chi connectivity index (χ1v) is 5.63. The maximum atomic E-state index is 13.2. The first-order valence-electron chi connectivity index (χ1n) is 5.25. The summed E-state index contributed by atoms with van der Waals surface area (Å²) in [6, 6.07) is 3.26. The van der Waals surface area contributed by atoms with Crippen molar-refractivity contribution in [3.05, 3.63) is 34.1 Å². The lowest BCUT2D eigenvalue weighted by Crippen LogP contribution is -2.42. The molecule has 0 spiro atoms. The van der Waals surface area contributed by atoms with Gasteiger partial charge in [0.15, 0.2) is 0 Å². The lowest BCUT2D eigenvalue weighted by molar-refractivity contribution is 0.251. The zero-order valence-electron chi connectivity index (χ0n) is 8.82. The maximum Gasteiger partial charge on any atom is 0.142 e. The molecule has 0 bridgehead atoms. The molecule has 3 heteroatoms. The van der Waals surface area contributed by atoms with Crippen LogP contribution in [0.5, 0.6) is 0 Å². The van der Waals surface area contributed by atoms with Gasteiger partial charge in [-0.2, -0.15) is 0 Å². The van der Waals surface area contributed by atoms with Gasteiger partial charge >= 0.3 is 0 Å². The standard InChI is InChI=1S/C12H15ClFN/c1-8-5-11(14)10(13)6-9(8)12(7-15)3-2-4-12/h5-6H,2-4,7,15H2,1H3. The van der Waals surface area contributed by atoms with E-state index in [1.54, 1.807) is 6.07 Å². The maximum absolute atomic E-state index is 13.2. The first-order chi connectivity index (χ1) is 7.09. The van der Waals surface area contributed by atoms with E-state index >= 15 is 0 Å². The van der Waals surface area contributed by atoms with Crippen LogP contribution in [0.3, 0.4) is 0 Å². The molecule has 1 fully saturated rings. The molecule has 0 saturated heterocycles. The highest BCUT2D eigenvalue weighted by atomic mass is 35.5. The molecule has 0 unspecified atom stereocenters. The molecule has 0 heterocycles. The van der Waals surface area contributed by atoms with Crippen LogP contribution in [0, 0.1) is 12.7 Å². The molecule has 0 amide bonds. The largest absolute Gasteiger partial charge is 0.330 e. The van der Waals surface area contributed by atoms with Crippen LogP contribution >= 0.6 is 11.6 Å². The molecule has 0 radical (unpaired) electrons. The topological polar surface area (TPSA) is 26.0 Å². The average Bonchev–Trinajstić information content (AvgIpc) is 2.12. The van der Waals surface area contributed by atoms with E-state index in [9.17, 15) is 4.39 Å². The molecule has 1 nitrogen and oxygen atoms in total. The van der Waals surface area contributed by atoms with Gasteiger partial charge in [-0.1, -0.05) is 18.0 Å². The molecule has 15 heavy (non-hydrogen) atoms. The first kappa shape index (κ1) is 10.9. The highest BCUT2D eigenvalue weighted by Crippen LogP contribution is 2.44. The molecule has 1 saturated carbocycles. The Morgan fingerprint density at radius 1 is 1.47 bits per heavy atom. The van der Waals surface area contributed by atoms with Crippen molar-refractivity contribution in [2.45, 2.75) is 31.6 Å². The van der Waals surface area contributed by atoms with Gasteiger partial charge in [-0.3, -0.25) is 0 Å². The predicted octanol–water partition coefficient (Wildman–Crippen LogP) is 3.17. The van der Waals surface area contributed by atoms with E-state index in [4.69, 9.17) is 17.3 Å². The Hall–Kier alpha value is -0.600. The summed E-state index contributed by atoms with van der Waals surface area (Å²) in [6.07, 6.45) is 3.38. The molecular weight excluding hydrogens is 213 g/mol. The smallest absolute Gasteiger partial charge is 0.142 e. The molecule has 1 aliphatic carbocycles. The van der Waals surface area contributed by atoms with Gasteiger partial charge in [-0.05, 0) is 43.0 Å². The molecule has 2 N–H and O–H groups in total. The Balaban J connectivity index is 2.47. The number of hydrogen-bond donors (Lipinski definition) is 1. The van der Waals surface area contributed by atoms with E-state index in [-0.39, 0.29) is 16.3 Å². The van der Waals surface area contributed by atoms with Crippen molar-refractivity contribution >= 4 is 11.6 Å². The Kier molecular flexibility index (Phi) is 2.73. The molecule has 82 valence electrons. The normalized spacial score (nSPS) is 18.7. The highest BCUT2D eigenvalue weighted by molar-refractivity contribution is 6.30. The third-order valence-corrected chi connectivity index (χ3v) is 3.83. The van der Waals surface area contributed by atoms with E-state index < -0.39 is 0 Å². The van der Waals surface area contributed by atoms with Crippen molar-refractivity contribution in [1.82, 2.24) is 0 Å². The second-order valence-corrected chi connectivity index (χ2v) is 4.83. The average molecular weight is 228 g/mol. The number of rotatable bonds is 2. The molecule has 1 aromatic rings. The molecule has 0 atom stereocenters. The van der Waals surface area contributed by atoms with Gasteiger partial charge in [-0.25, -0.2) is 4.39 Å². The zero-order chi connectivity index (χ0) is 11.1. The van der Waals surface area contributed by atoms with Crippen molar-refractivity contribution in [3.63, 3.8) is 0 Å². The van der Waals surface area contributed by atoms with Crippen molar-refractivity contribution < 1.29 is 4.39 Å². The van der Waals surface area contributed by atoms with Gasteiger partial charge in [0.25, 0.3) is 0 Å². The van der Waals surface area contributed by atoms with Gasteiger partial charge in [-0.15, -0.1) is 0 Å². The Morgan fingerprint density at radius 2 is 2.13 bits per heavy atom. The third-order valence-electron chi connectivity index (χ3n) is 3.54. The SMILES string of the molecule is Cc1cc(F)c(Cl)cc1C1(CN)CCC1. The van der Waals surface area contributed by atoms with E-state index in [2.05, 4.69) is 0 Å². The van der Waals surface area contributed by atoms with Crippen LogP contribution in [0.15, 0.2) is 12.1 Å². The van der Waals surface area contributed by atoms with Crippen LogP contribution in [-0.2, 0) is 5.41 Å². The van der Waals surface area contributed by atoms with E-state index in [0.29, 0.717) is 6.54 Å². The van der Waals surface area contributed by atoms with Crippen LogP contribution in [0.25, 0.3) is 0 Å². The summed E-state index contributed by atoms with van der Waals surface area (Å²) >= 11 is 5.81. The number of halogens is 2. The fraction of sp³-hybridized carbons (Fsp3) is 0.500. The Labute approximate surface area is 94.4 Å². The molecule has 1 aliphatic rings. The van der Waals surface area contributed by atoms with Gasteiger partial charge < -0.3 is 5.73 Å². The lowest BCUT2D eigenvalue weighted by atomic mass is 9.63. The Morgan fingerprint density at radius 3 is 2.60 bits per heavy atom. The number of hydrogen-bond acceptors (Lipinski definition) is 1. The minimum absolute atomic E-state index is 0.0570. The summed E-state index contributed by atoms with van der Waals surface area (Å²) < 4.78 is 13.2. The highest BCUT2D eigenvalue weighted by Gasteiger charge is 2.38. The van der Waals surface area contributed by atoms with Gasteiger partial charge in [0.2, 0.25) is 0 Å². The second kappa shape index (κ2) is 3.76. The molecule has 0 aromatic heterocycles. The summed E-state index contributed by atoms with van der Waals surface area (Å²) in [5.74, 6) is -0.343. The van der Waals surface area contributed by atoms with Crippen molar-refractivity contribution in [2.75, 3.05) is 6.54 Å². The minimum Gasteiger partial charge on any atom is -0.330 e. The summed E-state index contributed by atoms with van der Waals surface area (Å²) in [4.78, 5) is 0. The van der Waals surface area contributed by atoms with E-state index in [0.717, 1.165) is 24.0 Å². The van der Waals surface area contributed by atoms with Crippen molar-refractivity contribution in [2.24, 2.45) is 5.73 Å². The molecule has 0 aliphatic heterocycles. The van der Waals surface area contributed by atoms with Crippen LogP contribution in [-0.4, -0.2) is 6.54 Å². The predicted molar refractivity (Wildman–Crippen MR) is 60.7 cm³/mol. The molecular formula is C12H15ClFN. The quantitative estimate of drug-likeness (QED) is 0.825. The Bertz CT molecular complexity index is 380. The number of benzene rings is 1. The van der Waals surface area contributed by atoms with Crippen LogP contribution in [0.4, 0.5) is 4.39 Å². The minimum atomic E-state index is -0.343. The number of nitrogens with two attached hydrogens (primary N) is 1. The fourth-order valence-electron chi connectivity index (χ4n) is 2.40. The zero-order valence-corrected chi connectivity index (χ0v) is 9.57. The summed E-state index contributed by atoms with van der Waals surface area (Å²) in [7, 11) is 0. The number of aryl methyl sites for hydroxylation is 1. The fourth-order valence-corrected chi connectivity index (χ4v) is 2.57. The van der Waals surface area contributed by atoms with Gasteiger partial charge in [0.05, 0.1) is 5.02 Å². The summed E-state index contributed by atoms with van der Waals surface area (Å²) in [5.41, 5.74) is 7.97. The van der Waals surface area contributed by atoms with Crippen LogP contribution in [0.1, 0.15) is 30.4 Å². The van der Waals surface area contributed by atoms with Crippen molar-refractivity contribution in [3.8, 4) is 0 Å². The summed E-state index contributed by atoms with van der Waals surface area (Å²) in [6.45, 7) is 2.54. The van der Waals surface area contributed by atoms with Crippen molar-refractivity contribution in [1.29, 1.82) is 0 Å². The van der Waals surface area contributed by atoms with Crippen LogP contribution in [0.2, 0.25) is 5.02 Å².